The molecule has 2 rings (SSSR count). The van der Waals surface area contributed by atoms with Gasteiger partial charge in [0.2, 0.25) is 0 Å². The minimum absolute atomic E-state index is 0.548. The van der Waals surface area contributed by atoms with Gasteiger partial charge in [0.15, 0.2) is 0 Å². The summed E-state index contributed by atoms with van der Waals surface area (Å²) in [5.74, 6) is 1.45. The van der Waals surface area contributed by atoms with Crippen molar-refractivity contribution in [3.8, 4) is 0 Å². The molecule has 0 bridgehead atoms. The molecule has 0 unspecified atom stereocenters. The molecule has 0 spiro atoms. The van der Waals surface area contributed by atoms with E-state index in [0.717, 1.165) is 31.0 Å². The number of hydrogen-bond acceptors (Lipinski definition) is 5. The highest BCUT2D eigenvalue weighted by Gasteiger charge is 2.04. The fraction of sp³-hybridized carbons (Fsp3) is 0.333. The van der Waals surface area contributed by atoms with Gasteiger partial charge in [0.25, 0.3) is 0 Å². The third-order valence-corrected chi connectivity index (χ3v) is 3.50. The Morgan fingerprint density at radius 1 is 1.09 bits per heavy atom. The largest absolute Gasteiger partial charge is 0.370 e. The highest BCUT2D eigenvalue weighted by Crippen LogP contribution is 2.27. The van der Waals surface area contributed by atoms with E-state index in [9.17, 15) is 0 Å². The van der Waals surface area contributed by atoms with Gasteiger partial charge in [0, 0.05) is 17.6 Å². The van der Waals surface area contributed by atoms with Crippen molar-refractivity contribution in [2.75, 3.05) is 37.8 Å². The van der Waals surface area contributed by atoms with Crippen molar-refractivity contribution >= 4 is 40.5 Å². The molecule has 0 radical (unpaired) electrons. The first-order chi connectivity index (χ1) is 10.5. The first kappa shape index (κ1) is 16.8. The van der Waals surface area contributed by atoms with E-state index in [1.807, 2.05) is 12.1 Å². The van der Waals surface area contributed by atoms with Gasteiger partial charge in [-0.3, -0.25) is 0 Å². The van der Waals surface area contributed by atoms with Crippen LogP contribution in [0.1, 0.15) is 6.42 Å². The first-order valence-electron chi connectivity index (χ1n) is 6.97. The molecule has 2 aromatic rings. The third kappa shape index (κ3) is 5.33. The lowest BCUT2D eigenvalue weighted by atomic mass is 10.3. The molecule has 22 heavy (non-hydrogen) atoms. The summed E-state index contributed by atoms with van der Waals surface area (Å²) in [6, 6.07) is 7.13. The Morgan fingerprint density at radius 2 is 1.86 bits per heavy atom. The number of nitrogens with one attached hydrogen (secondary N) is 2. The summed E-state index contributed by atoms with van der Waals surface area (Å²) in [5.41, 5.74) is 0.753. The zero-order chi connectivity index (χ0) is 15.9. The van der Waals surface area contributed by atoms with Gasteiger partial charge < -0.3 is 15.5 Å². The number of halogens is 2. The van der Waals surface area contributed by atoms with Crippen LogP contribution in [0, 0.1) is 0 Å². The maximum absolute atomic E-state index is 6.14. The van der Waals surface area contributed by atoms with Gasteiger partial charge in [-0.1, -0.05) is 23.2 Å². The van der Waals surface area contributed by atoms with E-state index >= 15 is 0 Å². The summed E-state index contributed by atoms with van der Waals surface area (Å²) < 4.78 is 0. The Kier molecular flexibility index (Phi) is 6.24. The first-order valence-corrected chi connectivity index (χ1v) is 7.73. The maximum atomic E-state index is 6.14. The van der Waals surface area contributed by atoms with Crippen LogP contribution in [-0.2, 0) is 0 Å². The summed E-state index contributed by atoms with van der Waals surface area (Å²) >= 11 is 12.0. The Hall–Kier alpha value is -1.56. The van der Waals surface area contributed by atoms with Crippen LogP contribution in [0.3, 0.4) is 0 Å². The fourth-order valence-corrected chi connectivity index (χ4v) is 2.32. The van der Waals surface area contributed by atoms with Crippen molar-refractivity contribution in [1.82, 2.24) is 14.9 Å². The molecule has 118 valence electrons. The Morgan fingerprint density at radius 3 is 2.59 bits per heavy atom. The van der Waals surface area contributed by atoms with E-state index in [1.165, 1.54) is 6.33 Å². The second-order valence-electron chi connectivity index (χ2n) is 5.12. The van der Waals surface area contributed by atoms with Crippen LogP contribution in [0.2, 0.25) is 10.0 Å². The quantitative estimate of drug-likeness (QED) is 0.749. The molecule has 1 aromatic carbocycles. The maximum Gasteiger partial charge on any atom is 0.135 e. The lowest BCUT2D eigenvalue weighted by molar-refractivity contribution is 0.405. The van der Waals surface area contributed by atoms with Gasteiger partial charge in [0.1, 0.15) is 18.0 Å². The van der Waals surface area contributed by atoms with E-state index < -0.39 is 0 Å². The summed E-state index contributed by atoms with van der Waals surface area (Å²) in [6.45, 7) is 1.89. The summed E-state index contributed by atoms with van der Waals surface area (Å²) in [4.78, 5) is 10.5. The van der Waals surface area contributed by atoms with E-state index in [2.05, 4.69) is 39.6 Å². The van der Waals surface area contributed by atoms with Gasteiger partial charge in [-0.25, -0.2) is 9.97 Å². The minimum Gasteiger partial charge on any atom is -0.370 e. The van der Waals surface area contributed by atoms with Crippen molar-refractivity contribution in [2.45, 2.75) is 6.42 Å². The highest BCUT2D eigenvalue weighted by atomic mass is 35.5. The molecule has 0 saturated heterocycles. The van der Waals surface area contributed by atoms with E-state index in [1.54, 1.807) is 12.1 Å². The molecule has 0 saturated carbocycles. The van der Waals surface area contributed by atoms with Gasteiger partial charge in [-0.05, 0) is 45.3 Å². The summed E-state index contributed by atoms with van der Waals surface area (Å²) in [5, 5.41) is 7.58. The molecule has 5 nitrogen and oxygen atoms in total. The van der Waals surface area contributed by atoms with Crippen LogP contribution in [0.25, 0.3) is 0 Å². The van der Waals surface area contributed by atoms with Crippen LogP contribution < -0.4 is 10.6 Å². The van der Waals surface area contributed by atoms with E-state index in [-0.39, 0.29) is 0 Å². The SMILES string of the molecule is CN(C)CCCNc1cc(Nc2ccc(Cl)cc2Cl)ncn1. The zero-order valence-electron chi connectivity index (χ0n) is 12.6. The van der Waals surface area contributed by atoms with Gasteiger partial charge in [0.05, 0.1) is 10.7 Å². The van der Waals surface area contributed by atoms with Crippen molar-refractivity contribution < 1.29 is 0 Å². The second-order valence-corrected chi connectivity index (χ2v) is 5.96. The predicted octanol–water partition coefficient (Wildman–Crippen LogP) is 3.89. The molecular weight excluding hydrogens is 321 g/mol. The number of nitrogens with zero attached hydrogens (tertiary/aromatic N) is 3. The summed E-state index contributed by atoms with van der Waals surface area (Å²) in [6.07, 6.45) is 2.56. The highest BCUT2D eigenvalue weighted by molar-refractivity contribution is 6.36. The van der Waals surface area contributed by atoms with Crippen molar-refractivity contribution in [2.24, 2.45) is 0 Å². The van der Waals surface area contributed by atoms with Crippen molar-refractivity contribution in [3.63, 3.8) is 0 Å². The molecule has 0 aliphatic rings. The monoisotopic (exact) mass is 339 g/mol. The number of aromatic nitrogens is 2. The summed E-state index contributed by atoms with van der Waals surface area (Å²) in [7, 11) is 4.12. The van der Waals surface area contributed by atoms with Crippen LogP contribution in [0.15, 0.2) is 30.6 Å². The van der Waals surface area contributed by atoms with E-state index in [0.29, 0.717) is 15.9 Å². The minimum atomic E-state index is 0.548. The van der Waals surface area contributed by atoms with Crippen LogP contribution in [0.5, 0.6) is 0 Å². The standard InChI is InChI=1S/C15H19Cl2N5/c1-22(2)7-3-6-18-14-9-15(20-10-19-14)21-13-5-4-11(16)8-12(13)17/h4-5,8-10H,3,6-7H2,1-2H3,(H2,18,19,20,21). The average molecular weight is 340 g/mol. The average Bonchev–Trinajstić information content (AvgIpc) is 2.47. The zero-order valence-corrected chi connectivity index (χ0v) is 14.1. The lowest BCUT2D eigenvalue weighted by Gasteiger charge is -2.11. The van der Waals surface area contributed by atoms with Crippen molar-refractivity contribution in [1.29, 1.82) is 0 Å². The lowest BCUT2D eigenvalue weighted by Crippen LogP contribution is -2.16. The van der Waals surface area contributed by atoms with Gasteiger partial charge in [-0.2, -0.15) is 0 Å². The Labute approximate surface area is 140 Å². The normalized spacial score (nSPS) is 10.8. The Bertz CT molecular complexity index is 619. The van der Waals surface area contributed by atoms with Crippen LogP contribution >= 0.6 is 23.2 Å². The third-order valence-electron chi connectivity index (χ3n) is 2.95. The molecule has 2 N–H and O–H groups in total. The van der Waals surface area contributed by atoms with Crippen molar-refractivity contribution in [3.05, 3.63) is 40.6 Å². The number of hydrogen-bond donors (Lipinski definition) is 2. The molecular formula is C15H19Cl2N5. The van der Waals surface area contributed by atoms with Crippen LogP contribution in [0.4, 0.5) is 17.3 Å². The number of benzene rings is 1. The van der Waals surface area contributed by atoms with Crippen LogP contribution in [-0.4, -0.2) is 42.1 Å². The van der Waals surface area contributed by atoms with E-state index in [4.69, 9.17) is 23.2 Å². The number of rotatable bonds is 7. The smallest absolute Gasteiger partial charge is 0.135 e. The molecule has 0 fully saturated rings. The predicted molar refractivity (Wildman–Crippen MR) is 93.4 cm³/mol. The molecule has 1 aromatic heterocycles. The molecule has 1 heterocycles. The Balaban J connectivity index is 1.96. The molecule has 0 amide bonds. The number of anilines is 3. The van der Waals surface area contributed by atoms with Gasteiger partial charge >= 0.3 is 0 Å². The molecule has 0 atom stereocenters. The molecule has 0 aliphatic carbocycles. The topological polar surface area (TPSA) is 53.1 Å². The van der Waals surface area contributed by atoms with Gasteiger partial charge in [-0.15, -0.1) is 0 Å². The molecule has 0 aliphatic heterocycles. The fourth-order valence-electron chi connectivity index (χ4n) is 1.86. The second kappa shape index (κ2) is 8.17. The molecule has 7 heteroatoms.